The number of amides is 1. The van der Waals surface area contributed by atoms with E-state index >= 15 is 0 Å². The molecule has 1 unspecified atom stereocenters. The molecule has 132 valence electrons. The molecule has 0 aromatic heterocycles. The maximum Gasteiger partial charge on any atom is 0.217 e. The molecule has 0 aliphatic carbocycles. The highest BCUT2D eigenvalue weighted by Crippen LogP contribution is 2.09. The van der Waals surface area contributed by atoms with E-state index in [4.69, 9.17) is 21.3 Å². The number of nitrogens with one attached hydrogen (secondary N) is 1. The van der Waals surface area contributed by atoms with E-state index < -0.39 is 6.23 Å². The number of hydrogen-bond donors (Lipinski definition) is 4. The van der Waals surface area contributed by atoms with Crippen LogP contribution in [0.3, 0.4) is 0 Å². The average molecular weight is 317 g/mol. The molecule has 0 saturated heterocycles. The zero-order chi connectivity index (χ0) is 16.6. The molecule has 0 saturated carbocycles. The fourth-order valence-electron chi connectivity index (χ4n) is 2.29. The molecular formula is C16H35N3O3. The van der Waals surface area contributed by atoms with E-state index in [0.717, 1.165) is 32.3 Å². The predicted octanol–water partition coefficient (Wildman–Crippen LogP) is 1.25. The normalized spacial score (nSPS) is 14.0. The lowest BCUT2D eigenvalue weighted by atomic mass is 10.1. The van der Waals surface area contributed by atoms with Crippen LogP contribution in [-0.4, -0.2) is 43.5 Å². The molecule has 6 heteroatoms. The SMILES string of the molecule is CN[C@@H](CCC(N)=O)COCCCCCCCCCC(N)O. The Balaban J connectivity index is 3.26. The Kier molecular flexibility index (Phi) is 14.7. The second-order valence-corrected chi connectivity index (χ2v) is 5.90. The predicted molar refractivity (Wildman–Crippen MR) is 89.2 cm³/mol. The lowest BCUT2D eigenvalue weighted by molar-refractivity contribution is -0.118. The Labute approximate surface area is 135 Å². The van der Waals surface area contributed by atoms with Gasteiger partial charge in [0.1, 0.15) is 6.23 Å². The summed E-state index contributed by atoms with van der Waals surface area (Å²) in [5.41, 5.74) is 10.4. The van der Waals surface area contributed by atoms with Gasteiger partial charge in [0.2, 0.25) is 5.91 Å². The van der Waals surface area contributed by atoms with Crippen molar-refractivity contribution in [2.24, 2.45) is 11.5 Å². The number of nitrogens with two attached hydrogens (primary N) is 2. The van der Waals surface area contributed by atoms with E-state index in [0.29, 0.717) is 19.4 Å². The molecule has 0 aromatic carbocycles. The van der Waals surface area contributed by atoms with Crippen molar-refractivity contribution in [2.75, 3.05) is 20.3 Å². The van der Waals surface area contributed by atoms with Crippen LogP contribution in [0.15, 0.2) is 0 Å². The van der Waals surface area contributed by atoms with Gasteiger partial charge in [-0.2, -0.15) is 0 Å². The third kappa shape index (κ3) is 15.7. The van der Waals surface area contributed by atoms with Crippen LogP contribution in [0.5, 0.6) is 0 Å². The zero-order valence-corrected chi connectivity index (χ0v) is 14.1. The highest BCUT2D eigenvalue weighted by Gasteiger charge is 2.07. The number of primary amides is 1. The molecule has 0 bridgehead atoms. The molecular weight excluding hydrogens is 282 g/mol. The number of aliphatic hydroxyl groups is 1. The minimum absolute atomic E-state index is 0.199. The van der Waals surface area contributed by atoms with Crippen LogP contribution in [0.1, 0.15) is 64.2 Å². The van der Waals surface area contributed by atoms with E-state index in [9.17, 15) is 4.79 Å². The zero-order valence-electron chi connectivity index (χ0n) is 14.1. The molecule has 6 N–H and O–H groups in total. The van der Waals surface area contributed by atoms with E-state index in [1.54, 1.807) is 0 Å². The van der Waals surface area contributed by atoms with Crippen LogP contribution in [0.4, 0.5) is 0 Å². The lowest BCUT2D eigenvalue weighted by Crippen LogP contribution is -2.31. The average Bonchev–Trinajstić information content (AvgIpc) is 2.47. The molecule has 0 heterocycles. The standard InChI is InChI=1S/C16H35N3O3/c1-19-14(10-11-16(18)21)13-22-12-8-6-4-2-3-5-7-9-15(17)20/h14-15,19-20H,2-13,17H2,1H3,(H2,18,21)/t14-,15?/m0/s1. The summed E-state index contributed by atoms with van der Waals surface area (Å²) in [6, 6.07) is 0.199. The topological polar surface area (TPSA) is 111 Å². The fraction of sp³-hybridized carbons (Fsp3) is 0.938. The van der Waals surface area contributed by atoms with E-state index in [1.807, 2.05) is 7.05 Å². The molecule has 22 heavy (non-hydrogen) atoms. The maximum atomic E-state index is 10.7. The molecule has 6 nitrogen and oxygen atoms in total. The van der Waals surface area contributed by atoms with Gasteiger partial charge < -0.3 is 26.6 Å². The molecule has 0 spiro atoms. The summed E-state index contributed by atoms with van der Waals surface area (Å²) in [6.45, 7) is 1.40. The first-order valence-corrected chi connectivity index (χ1v) is 8.53. The van der Waals surface area contributed by atoms with E-state index in [1.165, 1.54) is 25.7 Å². The van der Waals surface area contributed by atoms with Crippen molar-refractivity contribution in [1.82, 2.24) is 5.32 Å². The first-order chi connectivity index (χ1) is 10.6. The lowest BCUT2D eigenvalue weighted by Gasteiger charge is -2.15. The Morgan fingerprint density at radius 2 is 1.68 bits per heavy atom. The number of ether oxygens (including phenoxy) is 1. The van der Waals surface area contributed by atoms with Gasteiger partial charge in [0, 0.05) is 19.1 Å². The minimum atomic E-state index is -0.651. The van der Waals surface area contributed by atoms with Crippen LogP contribution in [0.25, 0.3) is 0 Å². The minimum Gasteiger partial charge on any atom is -0.380 e. The smallest absolute Gasteiger partial charge is 0.217 e. The third-order valence-corrected chi connectivity index (χ3v) is 3.76. The monoisotopic (exact) mass is 317 g/mol. The molecule has 0 fully saturated rings. The Morgan fingerprint density at radius 1 is 1.09 bits per heavy atom. The van der Waals surface area contributed by atoms with Crippen LogP contribution in [0, 0.1) is 0 Å². The van der Waals surface area contributed by atoms with Crippen LogP contribution in [0.2, 0.25) is 0 Å². The van der Waals surface area contributed by atoms with Crippen molar-refractivity contribution in [1.29, 1.82) is 0 Å². The van der Waals surface area contributed by atoms with Gasteiger partial charge in [0.25, 0.3) is 0 Å². The van der Waals surface area contributed by atoms with Crippen molar-refractivity contribution in [3.05, 3.63) is 0 Å². The Morgan fingerprint density at radius 3 is 2.23 bits per heavy atom. The molecule has 0 aromatic rings. The second-order valence-electron chi connectivity index (χ2n) is 5.90. The third-order valence-electron chi connectivity index (χ3n) is 3.76. The van der Waals surface area contributed by atoms with Gasteiger partial charge in [0.15, 0.2) is 0 Å². The summed E-state index contributed by atoms with van der Waals surface area (Å²) >= 11 is 0. The van der Waals surface area contributed by atoms with E-state index in [2.05, 4.69) is 5.32 Å². The van der Waals surface area contributed by atoms with Crippen molar-refractivity contribution in [3.8, 4) is 0 Å². The van der Waals surface area contributed by atoms with Gasteiger partial charge >= 0.3 is 0 Å². The quantitative estimate of drug-likeness (QED) is 0.253. The molecule has 0 aliphatic heterocycles. The number of carbonyl (C=O) groups excluding carboxylic acids is 1. The first-order valence-electron chi connectivity index (χ1n) is 8.53. The molecule has 0 radical (unpaired) electrons. The number of rotatable bonds is 16. The van der Waals surface area contributed by atoms with Crippen molar-refractivity contribution < 1.29 is 14.6 Å². The highest BCUT2D eigenvalue weighted by molar-refractivity contribution is 5.73. The summed E-state index contributed by atoms with van der Waals surface area (Å²) in [7, 11) is 1.87. The molecule has 0 rings (SSSR count). The van der Waals surface area contributed by atoms with Crippen molar-refractivity contribution in [3.63, 3.8) is 0 Å². The van der Waals surface area contributed by atoms with Gasteiger partial charge in [-0.15, -0.1) is 0 Å². The van der Waals surface area contributed by atoms with Gasteiger partial charge in [-0.1, -0.05) is 32.1 Å². The Hall–Kier alpha value is -0.690. The van der Waals surface area contributed by atoms with Crippen molar-refractivity contribution >= 4 is 5.91 Å². The number of hydrogen-bond acceptors (Lipinski definition) is 5. The highest BCUT2D eigenvalue weighted by atomic mass is 16.5. The number of carbonyl (C=O) groups is 1. The van der Waals surface area contributed by atoms with Gasteiger partial charge in [0.05, 0.1) is 6.61 Å². The van der Waals surface area contributed by atoms with Crippen molar-refractivity contribution in [2.45, 2.75) is 76.5 Å². The van der Waals surface area contributed by atoms with Gasteiger partial charge in [-0.3, -0.25) is 4.79 Å². The largest absolute Gasteiger partial charge is 0.380 e. The van der Waals surface area contributed by atoms with Gasteiger partial charge in [-0.25, -0.2) is 0 Å². The number of unbranched alkanes of at least 4 members (excludes halogenated alkanes) is 6. The number of likely N-dealkylation sites (N-methyl/N-ethyl adjacent to an activating group) is 1. The van der Waals surface area contributed by atoms with E-state index in [-0.39, 0.29) is 11.9 Å². The van der Waals surface area contributed by atoms with Crippen LogP contribution >= 0.6 is 0 Å². The molecule has 2 atom stereocenters. The van der Waals surface area contributed by atoms with Crippen LogP contribution in [-0.2, 0) is 9.53 Å². The van der Waals surface area contributed by atoms with Crippen LogP contribution < -0.4 is 16.8 Å². The number of aliphatic hydroxyl groups excluding tert-OH is 1. The summed E-state index contributed by atoms with van der Waals surface area (Å²) in [5.74, 6) is -0.263. The Bertz CT molecular complexity index is 263. The molecule has 0 aliphatic rings. The fourth-order valence-corrected chi connectivity index (χ4v) is 2.29. The molecule has 1 amide bonds. The summed E-state index contributed by atoms with van der Waals surface area (Å²) in [4.78, 5) is 10.7. The van der Waals surface area contributed by atoms with Gasteiger partial charge in [-0.05, 0) is 32.7 Å². The first kappa shape index (κ1) is 21.3. The second kappa shape index (κ2) is 15.2. The summed E-state index contributed by atoms with van der Waals surface area (Å²) in [6.07, 6.45) is 9.27. The summed E-state index contributed by atoms with van der Waals surface area (Å²) < 4.78 is 5.63. The maximum absolute atomic E-state index is 10.7. The summed E-state index contributed by atoms with van der Waals surface area (Å²) in [5, 5.41) is 12.1.